The van der Waals surface area contributed by atoms with Crippen LogP contribution in [0.3, 0.4) is 0 Å². The molecule has 0 aromatic rings. The molecule has 0 aliphatic heterocycles. The van der Waals surface area contributed by atoms with Crippen LogP contribution < -0.4 is 10.6 Å². The molecule has 3 N–H and O–H groups in total. The highest BCUT2D eigenvalue weighted by Crippen LogP contribution is 2.04. The van der Waals surface area contributed by atoms with E-state index in [1.807, 2.05) is 20.8 Å². The Hall–Kier alpha value is -1.26. The monoisotopic (exact) mass is 216 g/mol. The Morgan fingerprint density at radius 1 is 1.33 bits per heavy atom. The Morgan fingerprint density at radius 3 is 2.33 bits per heavy atom. The molecule has 0 rings (SSSR count). The highest BCUT2D eigenvalue weighted by Gasteiger charge is 2.17. The molecule has 0 fully saturated rings. The lowest BCUT2D eigenvalue weighted by molar-refractivity contribution is -0.141. The van der Waals surface area contributed by atoms with E-state index in [0.29, 0.717) is 6.42 Å². The van der Waals surface area contributed by atoms with Gasteiger partial charge in [0, 0.05) is 12.6 Å². The van der Waals surface area contributed by atoms with Gasteiger partial charge in [-0.3, -0.25) is 4.79 Å². The van der Waals surface area contributed by atoms with Crippen LogP contribution in [-0.4, -0.2) is 29.7 Å². The number of hydrogen-bond donors (Lipinski definition) is 3. The summed E-state index contributed by atoms with van der Waals surface area (Å²) in [6.07, 6.45) is 1.38. The Kier molecular flexibility index (Phi) is 6.49. The Labute approximate surface area is 90.2 Å². The highest BCUT2D eigenvalue weighted by molar-refractivity contribution is 5.76. The van der Waals surface area contributed by atoms with E-state index in [4.69, 9.17) is 5.11 Å². The fraction of sp³-hybridized carbons (Fsp3) is 0.800. The maximum absolute atomic E-state index is 11.2. The molecule has 15 heavy (non-hydrogen) atoms. The fourth-order valence-corrected chi connectivity index (χ4v) is 1.19. The highest BCUT2D eigenvalue weighted by atomic mass is 16.4. The third-order valence-corrected chi connectivity index (χ3v) is 1.92. The van der Waals surface area contributed by atoms with Crippen LogP contribution in [0.1, 0.15) is 33.6 Å². The van der Waals surface area contributed by atoms with Crippen molar-refractivity contribution in [3.05, 3.63) is 0 Å². The molecular formula is C10H20N2O3. The molecule has 1 unspecified atom stereocenters. The average Bonchev–Trinajstić information content (AvgIpc) is 2.10. The summed E-state index contributed by atoms with van der Waals surface area (Å²) in [7, 11) is 0. The van der Waals surface area contributed by atoms with Crippen LogP contribution in [0.2, 0.25) is 0 Å². The Bertz CT molecular complexity index is 217. The standard InChI is InChI=1S/C10H20N2O3/c1-4-5-8(9(13)14)6-11-10(15)12-7(2)3/h7-8H,4-6H2,1-3H3,(H,13,14)(H2,11,12,15). The third kappa shape index (κ3) is 6.76. The summed E-state index contributed by atoms with van der Waals surface area (Å²) in [6, 6.07) is -0.258. The molecule has 0 spiro atoms. The van der Waals surface area contributed by atoms with Gasteiger partial charge in [0.2, 0.25) is 0 Å². The van der Waals surface area contributed by atoms with Crippen LogP contribution in [0.25, 0.3) is 0 Å². The van der Waals surface area contributed by atoms with Gasteiger partial charge in [-0.1, -0.05) is 13.3 Å². The molecule has 5 nitrogen and oxygen atoms in total. The topological polar surface area (TPSA) is 78.4 Å². The summed E-state index contributed by atoms with van der Waals surface area (Å²) in [5.74, 6) is -1.35. The molecule has 0 radical (unpaired) electrons. The maximum atomic E-state index is 11.2. The molecule has 0 aromatic heterocycles. The van der Waals surface area contributed by atoms with Gasteiger partial charge in [0.15, 0.2) is 0 Å². The van der Waals surface area contributed by atoms with Crippen molar-refractivity contribution in [3.8, 4) is 0 Å². The normalized spacial score (nSPS) is 12.3. The molecule has 5 heteroatoms. The molecule has 0 saturated carbocycles. The summed E-state index contributed by atoms with van der Waals surface area (Å²) in [6.45, 7) is 5.80. The zero-order chi connectivity index (χ0) is 11.8. The molecular weight excluding hydrogens is 196 g/mol. The first-order chi connectivity index (χ1) is 6.97. The molecule has 0 bridgehead atoms. The summed E-state index contributed by atoms with van der Waals surface area (Å²) in [5, 5.41) is 14.0. The van der Waals surface area contributed by atoms with Crippen molar-refractivity contribution < 1.29 is 14.7 Å². The number of rotatable bonds is 6. The first kappa shape index (κ1) is 13.7. The van der Waals surface area contributed by atoms with Crippen LogP contribution in [0, 0.1) is 5.92 Å². The van der Waals surface area contributed by atoms with E-state index in [1.165, 1.54) is 0 Å². The van der Waals surface area contributed by atoms with Gasteiger partial charge < -0.3 is 15.7 Å². The predicted molar refractivity (Wildman–Crippen MR) is 57.7 cm³/mol. The Morgan fingerprint density at radius 2 is 1.93 bits per heavy atom. The van der Waals surface area contributed by atoms with Crippen molar-refractivity contribution in [1.82, 2.24) is 10.6 Å². The Balaban J connectivity index is 3.88. The van der Waals surface area contributed by atoms with E-state index in [0.717, 1.165) is 6.42 Å². The van der Waals surface area contributed by atoms with Crippen molar-refractivity contribution in [2.75, 3.05) is 6.54 Å². The van der Waals surface area contributed by atoms with Gasteiger partial charge in [-0.2, -0.15) is 0 Å². The van der Waals surface area contributed by atoms with Crippen molar-refractivity contribution in [2.45, 2.75) is 39.7 Å². The maximum Gasteiger partial charge on any atom is 0.315 e. The SMILES string of the molecule is CCCC(CNC(=O)NC(C)C)C(=O)O. The molecule has 0 heterocycles. The van der Waals surface area contributed by atoms with Crippen LogP contribution in [0.5, 0.6) is 0 Å². The number of carbonyl (C=O) groups is 2. The molecule has 2 amide bonds. The lowest BCUT2D eigenvalue weighted by Gasteiger charge is -2.14. The van der Waals surface area contributed by atoms with Gasteiger partial charge in [0.1, 0.15) is 0 Å². The molecule has 0 aliphatic carbocycles. The predicted octanol–water partition coefficient (Wildman–Crippen LogP) is 1.19. The van der Waals surface area contributed by atoms with Gasteiger partial charge in [0.25, 0.3) is 0 Å². The summed E-state index contributed by atoms with van der Waals surface area (Å²) in [4.78, 5) is 21.9. The number of carboxylic acids is 1. The van der Waals surface area contributed by atoms with Crippen molar-refractivity contribution in [1.29, 1.82) is 0 Å². The van der Waals surface area contributed by atoms with Crippen molar-refractivity contribution in [3.63, 3.8) is 0 Å². The van der Waals surface area contributed by atoms with E-state index in [1.54, 1.807) is 0 Å². The second-order valence-corrected chi connectivity index (χ2v) is 3.83. The fourth-order valence-electron chi connectivity index (χ4n) is 1.19. The van der Waals surface area contributed by atoms with Crippen LogP contribution >= 0.6 is 0 Å². The van der Waals surface area contributed by atoms with Gasteiger partial charge in [-0.25, -0.2) is 4.79 Å². The van der Waals surface area contributed by atoms with Gasteiger partial charge in [-0.05, 0) is 20.3 Å². The number of carboxylic acid groups (broad SMARTS) is 1. The first-order valence-electron chi connectivity index (χ1n) is 5.24. The second kappa shape index (κ2) is 7.09. The van der Waals surface area contributed by atoms with Gasteiger partial charge in [0.05, 0.1) is 5.92 Å². The number of aliphatic carboxylic acids is 1. The zero-order valence-electron chi connectivity index (χ0n) is 9.54. The average molecular weight is 216 g/mol. The summed E-state index contributed by atoms with van der Waals surface area (Å²) >= 11 is 0. The first-order valence-corrected chi connectivity index (χ1v) is 5.24. The molecule has 1 atom stereocenters. The third-order valence-electron chi connectivity index (χ3n) is 1.92. The number of hydrogen-bond acceptors (Lipinski definition) is 2. The van der Waals surface area contributed by atoms with Crippen LogP contribution in [0.4, 0.5) is 4.79 Å². The van der Waals surface area contributed by atoms with Crippen LogP contribution in [-0.2, 0) is 4.79 Å². The van der Waals surface area contributed by atoms with Crippen molar-refractivity contribution >= 4 is 12.0 Å². The smallest absolute Gasteiger partial charge is 0.315 e. The van der Waals surface area contributed by atoms with E-state index in [2.05, 4.69) is 10.6 Å². The quantitative estimate of drug-likeness (QED) is 0.624. The lowest BCUT2D eigenvalue weighted by Crippen LogP contribution is -2.42. The molecule has 0 aromatic carbocycles. The largest absolute Gasteiger partial charge is 0.481 e. The van der Waals surface area contributed by atoms with Gasteiger partial charge in [-0.15, -0.1) is 0 Å². The molecule has 0 aliphatic rings. The molecule has 0 saturated heterocycles. The minimum absolute atomic E-state index is 0.0550. The minimum atomic E-state index is -0.860. The van der Waals surface area contributed by atoms with E-state index >= 15 is 0 Å². The number of carbonyl (C=O) groups excluding carboxylic acids is 1. The minimum Gasteiger partial charge on any atom is -0.481 e. The van der Waals surface area contributed by atoms with E-state index < -0.39 is 11.9 Å². The summed E-state index contributed by atoms with van der Waals surface area (Å²) < 4.78 is 0. The zero-order valence-corrected chi connectivity index (χ0v) is 9.54. The number of urea groups is 1. The number of amides is 2. The van der Waals surface area contributed by atoms with E-state index in [-0.39, 0.29) is 18.6 Å². The van der Waals surface area contributed by atoms with Crippen molar-refractivity contribution in [2.24, 2.45) is 5.92 Å². The molecule has 88 valence electrons. The van der Waals surface area contributed by atoms with E-state index in [9.17, 15) is 9.59 Å². The van der Waals surface area contributed by atoms with Crippen LogP contribution in [0.15, 0.2) is 0 Å². The lowest BCUT2D eigenvalue weighted by atomic mass is 10.0. The van der Waals surface area contributed by atoms with Gasteiger partial charge >= 0.3 is 12.0 Å². The number of nitrogens with one attached hydrogen (secondary N) is 2. The summed E-state index contributed by atoms with van der Waals surface area (Å²) in [5.41, 5.74) is 0. The second-order valence-electron chi connectivity index (χ2n) is 3.83.